The average molecular weight is 277 g/mol. The molecule has 1 aromatic rings. The molecule has 0 radical (unpaired) electrons. The molecule has 0 spiro atoms. The fourth-order valence-electron chi connectivity index (χ4n) is 3.49. The van der Waals surface area contributed by atoms with E-state index in [2.05, 4.69) is 34.1 Å². The maximum Gasteiger partial charge on any atom is 0.229 e. The van der Waals surface area contributed by atoms with Gasteiger partial charge in [0.2, 0.25) is 11.9 Å². The number of ether oxygens (including phenoxy) is 1. The molecule has 1 aliphatic heterocycles. The number of hydrogen-bond donors (Lipinski definition) is 1. The van der Waals surface area contributed by atoms with Gasteiger partial charge in [-0.3, -0.25) is 0 Å². The molecule has 1 aromatic heterocycles. The van der Waals surface area contributed by atoms with E-state index >= 15 is 0 Å². The summed E-state index contributed by atoms with van der Waals surface area (Å²) in [5.74, 6) is 2.67. The normalized spacial score (nSPS) is 30.6. The van der Waals surface area contributed by atoms with E-state index in [0.717, 1.165) is 18.9 Å². The number of aromatic nitrogens is 3. The van der Waals surface area contributed by atoms with E-state index in [1.165, 1.54) is 0 Å². The van der Waals surface area contributed by atoms with Crippen LogP contribution < -0.4 is 10.2 Å². The Morgan fingerprint density at radius 1 is 1.25 bits per heavy atom. The highest BCUT2D eigenvalue weighted by atomic mass is 16.5. The summed E-state index contributed by atoms with van der Waals surface area (Å²) < 4.78 is 5.82. The lowest BCUT2D eigenvalue weighted by atomic mass is 9.57. The SMILES string of the molecule is Cc1nc(NC2C3CCOC3C2(C)C)nc(N(C)C)n1. The number of anilines is 2. The first kappa shape index (κ1) is 13.5. The molecule has 2 fully saturated rings. The second kappa shape index (κ2) is 4.55. The minimum Gasteiger partial charge on any atom is -0.377 e. The summed E-state index contributed by atoms with van der Waals surface area (Å²) in [5.41, 5.74) is 0.125. The van der Waals surface area contributed by atoms with E-state index in [-0.39, 0.29) is 5.41 Å². The number of nitrogens with zero attached hydrogens (tertiary/aromatic N) is 4. The van der Waals surface area contributed by atoms with Gasteiger partial charge in [0, 0.05) is 38.1 Å². The van der Waals surface area contributed by atoms with Gasteiger partial charge in [0.05, 0.1) is 6.10 Å². The lowest BCUT2D eigenvalue weighted by molar-refractivity contribution is -0.0925. The summed E-state index contributed by atoms with van der Waals surface area (Å²) >= 11 is 0. The van der Waals surface area contributed by atoms with Gasteiger partial charge in [-0.05, 0) is 13.3 Å². The summed E-state index contributed by atoms with van der Waals surface area (Å²) in [7, 11) is 3.87. The number of aryl methyl sites for hydroxylation is 1. The molecule has 20 heavy (non-hydrogen) atoms. The van der Waals surface area contributed by atoms with E-state index in [1.54, 1.807) is 0 Å². The van der Waals surface area contributed by atoms with Crippen molar-refractivity contribution in [2.45, 2.75) is 39.3 Å². The van der Waals surface area contributed by atoms with Gasteiger partial charge < -0.3 is 15.0 Å². The number of hydrogen-bond acceptors (Lipinski definition) is 6. The average Bonchev–Trinajstić information content (AvgIpc) is 2.82. The van der Waals surface area contributed by atoms with Crippen LogP contribution in [0.1, 0.15) is 26.1 Å². The molecule has 1 saturated carbocycles. The zero-order valence-electron chi connectivity index (χ0n) is 12.8. The molecule has 0 bridgehead atoms. The van der Waals surface area contributed by atoms with E-state index in [4.69, 9.17) is 4.74 Å². The summed E-state index contributed by atoms with van der Waals surface area (Å²) in [5, 5.41) is 3.51. The van der Waals surface area contributed by atoms with Crippen molar-refractivity contribution >= 4 is 11.9 Å². The summed E-state index contributed by atoms with van der Waals surface area (Å²) in [4.78, 5) is 15.1. The Kier molecular flexibility index (Phi) is 3.08. The van der Waals surface area contributed by atoms with Crippen LogP contribution in [0.3, 0.4) is 0 Å². The third-order valence-corrected chi connectivity index (χ3v) is 4.52. The summed E-state index contributed by atoms with van der Waals surface area (Å²) in [6, 6.07) is 0.367. The Balaban J connectivity index is 1.81. The highest BCUT2D eigenvalue weighted by molar-refractivity contribution is 5.38. The molecule has 1 N–H and O–H groups in total. The first-order valence-electron chi connectivity index (χ1n) is 7.17. The summed E-state index contributed by atoms with van der Waals surface area (Å²) in [6.45, 7) is 7.26. The van der Waals surface area contributed by atoms with Crippen molar-refractivity contribution in [3.05, 3.63) is 5.82 Å². The van der Waals surface area contributed by atoms with Gasteiger partial charge in [-0.25, -0.2) is 0 Å². The molecule has 2 heterocycles. The lowest BCUT2D eigenvalue weighted by Crippen LogP contribution is -2.63. The zero-order valence-corrected chi connectivity index (χ0v) is 12.8. The Bertz CT molecular complexity index is 516. The van der Waals surface area contributed by atoms with Gasteiger partial charge in [-0.2, -0.15) is 15.0 Å². The molecule has 110 valence electrons. The van der Waals surface area contributed by atoms with Gasteiger partial charge in [0.25, 0.3) is 0 Å². The van der Waals surface area contributed by atoms with E-state index in [0.29, 0.717) is 30.0 Å². The second-order valence-electron chi connectivity index (χ2n) is 6.59. The van der Waals surface area contributed by atoms with Crippen molar-refractivity contribution < 1.29 is 4.74 Å². The van der Waals surface area contributed by atoms with Crippen LogP contribution in [-0.2, 0) is 4.74 Å². The predicted molar refractivity (Wildman–Crippen MR) is 77.9 cm³/mol. The van der Waals surface area contributed by atoms with Crippen molar-refractivity contribution in [3.8, 4) is 0 Å². The molecule has 3 unspecified atom stereocenters. The molecular weight excluding hydrogens is 254 g/mol. The van der Waals surface area contributed by atoms with Crippen molar-refractivity contribution in [2.24, 2.45) is 11.3 Å². The van der Waals surface area contributed by atoms with Gasteiger partial charge in [0.15, 0.2) is 0 Å². The van der Waals surface area contributed by atoms with Crippen molar-refractivity contribution in [1.29, 1.82) is 0 Å². The molecule has 6 heteroatoms. The maximum absolute atomic E-state index is 5.82. The number of nitrogens with one attached hydrogen (secondary N) is 1. The molecule has 3 rings (SSSR count). The Morgan fingerprint density at radius 3 is 2.70 bits per heavy atom. The second-order valence-corrected chi connectivity index (χ2v) is 6.59. The maximum atomic E-state index is 5.82. The minimum atomic E-state index is 0.125. The zero-order chi connectivity index (χ0) is 14.5. The van der Waals surface area contributed by atoms with Crippen LogP contribution in [0.4, 0.5) is 11.9 Å². The van der Waals surface area contributed by atoms with Crippen LogP contribution in [0.25, 0.3) is 0 Å². The molecule has 6 nitrogen and oxygen atoms in total. The topological polar surface area (TPSA) is 63.2 Å². The highest BCUT2D eigenvalue weighted by Gasteiger charge is 2.59. The fourth-order valence-corrected chi connectivity index (χ4v) is 3.49. The largest absolute Gasteiger partial charge is 0.377 e. The van der Waals surface area contributed by atoms with Crippen molar-refractivity contribution in [3.63, 3.8) is 0 Å². The highest BCUT2D eigenvalue weighted by Crippen LogP contribution is 2.53. The smallest absolute Gasteiger partial charge is 0.229 e. The van der Waals surface area contributed by atoms with Gasteiger partial charge in [-0.1, -0.05) is 13.8 Å². The van der Waals surface area contributed by atoms with Crippen LogP contribution in [0, 0.1) is 18.3 Å². The van der Waals surface area contributed by atoms with E-state index in [9.17, 15) is 0 Å². The van der Waals surface area contributed by atoms with Gasteiger partial charge in [0.1, 0.15) is 5.82 Å². The minimum absolute atomic E-state index is 0.125. The molecular formula is C14H23N5O. The molecule has 0 amide bonds. The molecule has 1 aliphatic carbocycles. The molecule has 3 atom stereocenters. The first-order valence-corrected chi connectivity index (χ1v) is 7.17. The van der Waals surface area contributed by atoms with Gasteiger partial charge in [-0.15, -0.1) is 0 Å². The Hall–Kier alpha value is -1.43. The third kappa shape index (κ3) is 2.02. The fraction of sp³-hybridized carbons (Fsp3) is 0.786. The van der Waals surface area contributed by atoms with Crippen LogP contribution in [-0.4, -0.2) is 47.8 Å². The molecule has 0 aromatic carbocycles. The standard InChI is InChI=1S/C14H23N5O/c1-8-15-12(18-13(16-8)19(4)5)17-10-9-6-7-20-11(9)14(10,2)3/h9-11H,6-7H2,1-5H3,(H,15,16,17,18). The van der Waals surface area contributed by atoms with E-state index < -0.39 is 0 Å². The predicted octanol–water partition coefficient (Wildman–Crippen LogP) is 1.47. The summed E-state index contributed by atoms with van der Waals surface area (Å²) in [6.07, 6.45) is 1.49. The third-order valence-electron chi connectivity index (χ3n) is 4.52. The van der Waals surface area contributed by atoms with E-state index in [1.807, 2.05) is 25.9 Å². The van der Waals surface area contributed by atoms with Crippen LogP contribution in [0.5, 0.6) is 0 Å². The van der Waals surface area contributed by atoms with Crippen LogP contribution in [0.2, 0.25) is 0 Å². The Labute approximate surface area is 120 Å². The quantitative estimate of drug-likeness (QED) is 0.902. The lowest BCUT2D eigenvalue weighted by Gasteiger charge is -2.54. The monoisotopic (exact) mass is 277 g/mol. The molecule has 2 aliphatic rings. The first-order chi connectivity index (χ1) is 9.39. The Morgan fingerprint density at radius 2 is 2.00 bits per heavy atom. The number of rotatable bonds is 3. The van der Waals surface area contributed by atoms with Crippen LogP contribution in [0.15, 0.2) is 0 Å². The van der Waals surface area contributed by atoms with Crippen LogP contribution >= 0.6 is 0 Å². The van der Waals surface area contributed by atoms with Gasteiger partial charge >= 0.3 is 0 Å². The van der Waals surface area contributed by atoms with Crippen molar-refractivity contribution in [1.82, 2.24) is 15.0 Å². The number of fused-ring (bicyclic) bond motifs is 1. The van der Waals surface area contributed by atoms with Crippen molar-refractivity contribution in [2.75, 3.05) is 30.9 Å². The molecule has 1 saturated heterocycles.